The number of nitrogens with zero attached hydrogens (tertiary/aromatic N) is 1. The molecule has 0 bridgehead atoms. The first-order valence-electron chi connectivity index (χ1n) is 4.69. The Balaban J connectivity index is 2.84. The molecule has 7 nitrogen and oxygen atoms in total. The summed E-state index contributed by atoms with van der Waals surface area (Å²) in [6.07, 6.45) is 2.75. The van der Waals surface area contributed by atoms with Gasteiger partial charge in [0, 0.05) is 0 Å². The first kappa shape index (κ1) is 13.4. The summed E-state index contributed by atoms with van der Waals surface area (Å²) in [5, 5.41) is 10.1. The average Bonchev–Trinajstić information content (AvgIpc) is 2.64. The standard InChI is InChI=1S/C9H13N3O4S/c1-6(2)3-4-16-9(13)7-5-11-12-8(7)17(10,14)15/h3,5H,4H2,1-2H3,(H,11,12)(H2,10,14,15). The summed E-state index contributed by atoms with van der Waals surface area (Å²) in [6, 6.07) is 0. The molecule has 0 fully saturated rings. The van der Waals surface area contributed by atoms with E-state index in [2.05, 4.69) is 10.2 Å². The van der Waals surface area contributed by atoms with Gasteiger partial charge in [0.05, 0.1) is 6.20 Å². The Labute approximate surface area is 98.7 Å². The van der Waals surface area contributed by atoms with E-state index in [1.807, 2.05) is 13.8 Å². The molecule has 94 valence electrons. The summed E-state index contributed by atoms with van der Waals surface area (Å²) in [5.41, 5.74) is 0.784. The van der Waals surface area contributed by atoms with Crippen LogP contribution in [0.2, 0.25) is 0 Å². The molecule has 1 rings (SSSR count). The number of allylic oxidation sites excluding steroid dienone is 1. The number of hydrogen-bond acceptors (Lipinski definition) is 5. The van der Waals surface area contributed by atoms with Crippen molar-refractivity contribution in [3.63, 3.8) is 0 Å². The van der Waals surface area contributed by atoms with Gasteiger partial charge in [0.1, 0.15) is 12.2 Å². The number of aromatic nitrogens is 2. The number of hydrogen-bond donors (Lipinski definition) is 2. The number of primary sulfonamides is 1. The van der Waals surface area contributed by atoms with E-state index in [1.165, 1.54) is 0 Å². The quantitative estimate of drug-likeness (QED) is 0.591. The summed E-state index contributed by atoms with van der Waals surface area (Å²) < 4.78 is 27.0. The van der Waals surface area contributed by atoms with Crippen molar-refractivity contribution in [1.29, 1.82) is 0 Å². The van der Waals surface area contributed by atoms with Crippen LogP contribution in [-0.4, -0.2) is 31.2 Å². The lowest BCUT2D eigenvalue weighted by Gasteiger charge is -2.01. The van der Waals surface area contributed by atoms with E-state index in [0.717, 1.165) is 11.8 Å². The van der Waals surface area contributed by atoms with Crippen molar-refractivity contribution in [2.75, 3.05) is 6.61 Å². The first-order valence-corrected chi connectivity index (χ1v) is 6.23. The molecule has 0 aliphatic carbocycles. The fourth-order valence-corrected chi connectivity index (χ4v) is 1.62. The van der Waals surface area contributed by atoms with Gasteiger partial charge < -0.3 is 4.74 Å². The Hall–Kier alpha value is -1.67. The minimum Gasteiger partial charge on any atom is -0.458 e. The molecular formula is C9H13N3O4S. The zero-order valence-corrected chi connectivity index (χ0v) is 10.2. The van der Waals surface area contributed by atoms with Crippen molar-refractivity contribution in [3.8, 4) is 0 Å². The number of nitrogens with two attached hydrogens (primary N) is 1. The monoisotopic (exact) mass is 259 g/mol. The highest BCUT2D eigenvalue weighted by molar-refractivity contribution is 7.89. The largest absolute Gasteiger partial charge is 0.458 e. The number of nitrogens with one attached hydrogen (secondary N) is 1. The minimum atomic E-state index is -4.01. The van der Waals surface area contributed by atoms with Gasteiger partial charge in [-0.25, -0.2) is 18.4 Å². The Kier molecular flexibility index (Phi) is 4.02. The first-order chi connectivity index (χ1) is 7.82. The van der Waals surface area contributed by atoms with Gasteiger partial charge in [-0.1, -0.05) is 5.57 Å². The number of ether oxygens (including phenoxy) is 1. The summed E-state index contributed by atoms with van der Waals surface area (Å²) >= 11 is 0. The molecule has 1 heterocycles. The number of H-pyrrole nitrogens is 1. The van der Waals surface area contributed by atoms with Gasteiger partial charge in [0.15, 0.2) is 5.03 Å². The maximum Gasteiger partial charge on any atom is 0.343 e. The number of sulfonamides is 1. The van der Waals surface area contributed by atoms with E-state index >= 15 is 0 Å². The Morgan fingerprint density at radius 1 is 1.59 bits per heavy atom. The van der Waals surface area contributed by atoms with Crippen LogP contribution in [0.25, 0.3) is 0 Å². The van der Waals surface area contributed by atoms with Gasteiger partial charge >= 0.3 is 5.97 Å². The van der Waals surface area contributed by atoms with Gasteiger partial charge in [-0.05, 0) is 19.9 Å². The molecule has 1 aromatic heterocycles. The molecule has 0 amide bonds. The van der Waals surface area contributed by atoms with Crippen molar-refractivity contribution in [2.45, 2.75) is 18.9 Å². The second kappa shape index (κ2) is 5.11. The van der Waals surface area contributed by atoms with Crippen LogP contribution in [0.4, 0.5) is 0 Å². The molecule has 1 aromatic rings. The van der Waals surface area contributed by atoms with Crippen LogP contribution in [0.15, 0.2) is 22.9 Å². The molecule has 0 spiro atoms. The molecular weight excluding hydrogens is 246 g/mol. The van der Waals surface area contributed by atoms with E-state index < -0.39 is 21.0 Å². The highest BCUT2D eigenvalue weighted by Gasteiger charge is 2.22. The predicted molar refractivity (Wildman–Crippen MR) is 59.7 cm³/mol. The predicted octanol–water partition coefficient (Wildman–Crippen LogP) is 0.180. The molecule has 0 unspecified atom stereocenters. The highest BCUT2D eigenvalue weighted by Crippen LogP contribution is 2.11. The van der Waals surface area contributed by atoms with Gasteiger partial charge in [0.2, 0.25) is 0 Å². The van der Waals surface area contributed by atoms with E-state index in [9.17, 15) is 13.2 Å². The second-order valence-electron chi connectivity index (χ2n) is 3.54. The van der Waals surface area contributed by atoms with Gasteiger partial charge in [-0.15, -0.1) is 0 Å². The topological polar surface area (TPSA) is 115 Å². The van der Waals surface area contributed by atoms with Crippen LogP contribution < -0.4 is 5.14 Å². The molecule has 0 saturated heterocycles. The molecule has 0 aromatic carbocycles. The van der Waals surface area contributed by atoms with Crippen LogP contribution in [-0.2, 0) is 14.8 Å². The number of aromatic amines is 1. The smallest absolute Gasteiger partial charge is 0.343 e. The summed E-state index contributed by atoms with van der Waals surface area (Å²) in [6.45, 7) is 3.76. The zero-order valence-electron chi connectivity index (χ0n) is 9.43. The van der Waals surface area contributed by atoms with Crippen molar-refractivity contribution < 1.29 is 17.9 Å². The molecule has 0 saturated carbocycles. The van der Waals surface area contributed by atoms with Crippen molar-refractivity contribution in [3.05, 3.63) is 23.4 Å². The van der Waals surface area contributed by atoms with E-state index in [1.54, 1.807) is 6.08 Å². The Morgan fingerprint density at radius 3 is 2.76 bits per heavy atom. The van der Waals surface area contributed by atoms with E-state index in [4.69, 9.17) is 9.88 Å². The fourth-order valence-electron chi connectivity index (χ4n) is 0.998. The zero-order chi connectivity index (χ0) is 13.1. The SMILES string of the molecule is CC(C)=CCOC(=O)c1cn[nH]c1S(N)(=O)=O. The number of esters is 1. The lowest BCUT2D eigenvalue weighted by Crippen LogP contribution is -2.17. The molecule has 0 atom stereocenters. The van der Waals surface area contributed by atoms with Crippen LogP contribution in [0.3, 0.4) is 0 Å². The van der Waals surface area contributed by atoms with Crippen LogP contribution in [0.5, 0.6) is 0 Å². The molecule has 8 heteroatoms. The van der Waals surface area contributed by atoms with Crippen LogP contribution in [0, 0.1) is 0 Å². The normalized spacial score (nSPS) is 11.0. The van der Waals surface area contributed by atoms with Crippen LogP contribution >= 0.6 is 0 Å². The lowest BCUT2D eigenvalue weighted by molar-refractivity contribution is 0.0544. The van der Waals surface area contributed by atoms with Gasteiger partial charge in [-0.3, -0.25) is 5.10 Å². The Bertz CT molecular complexity index is 540. The van der Waals surface area contributed by atoms with Gasteiger partial charge in [-0.2, -0.15) is 5.10 Å². The van der Waals surface area contributed by atoms with Crippen LogP contribution in [0.1, 0.15) is 24.2 Å². The fraction of sp³-hybridized carbons (Fsp3) is 0.333. The average molecular weight is 259 g/mol. The molecule has 3 N–H and O–H groups in total. The Morgan fingerprint density at radius 2 is 2.24 bits per heavy atom. The third kappa shape index (κ3) is 3.68. The van der Waals surface area contributed by atoms with E-state index in [-0.39, 0.29) is 12.2 Å². The van der Waals surface area contributed by atoms with Crippen molar-refractivity contribution >= 4 is 16.0 Å². The molecule has 0 aliphatic heterocycles. The van der Waals surface area contributed by atoms with Gasteiger partial charge in [0.25, 0.3) is 10.0 Å². The molecule has 0 radical (unpaired) electrons. The number of carbonyl (C=O) groups is 1. The summed E-state index contributed by atoms with van der Waals surface area (Å²) in [7, 11) is -4.01. The van der Waals surface area contributed by atoms with Crippen molar-refractivity contribution in [2.24, 2.45) is 5.14 Å². The summed E-state index contributed by atoms with van der Waals surface area (Å²) in [5.74, 6) is -0.791. The second-order valence-corrected chi connectivity index (χ2v) is 5.04. The maximum atomic E-state index is 11.5. The highest BCUT2D eigenvalue weighted by atomic mass is 32.2. The summed E-state index contributed by atoms with van der Waals surface area (Å²) in [4.78, 5) is 11.5. The third-order valence-corrected chi connectivity index (χ3v) is 2.70. The third-order valence-electron chi connectivity index (χ3n) is 1.81. The molecule has 17 heavy (non-hydrogen) atoms. The lowest BCUT2D eigenvalue weighted by atomic mass is 10.3. The number of rotatable bonds is 4. The minimum absolute atomic E-state index is 0.0659. The van der Waals surface area contributed by atoms with Crippen molar-refractivity contribution in [1.82, 2.24) is 10.2 Å². The van der Waals surface area contributed by atoms with E-state index in [0.29, 0.717) is 0 Å². The maximum absolute atomic E-state index is 11.5. The number of carbonyl (C=O) groups excluding carboxylic acids is 1. The molecule has 0 aliphatic rings.